The van der Waals surface area contributed by atoms with Gasteiger partial charge < -0.3 is 5.32 Å². The SMILES string of the molecule is CCNCc1nc2c(s1)CN(Cc1ccccc1)CC2. The van der Waals surface area contributed by atoms with E-state index in [-0.39, 0.29) is 0 Å². The highest BCUT2D eigenvalue weighted by Crippen LogP contribution is 2.26. The molecule has 0 bridgehead atoms. The molecular weight excluding hydrogens is 266 g/mol. The number of hydrogen-bond donors (Lipinski definition) is 1. The standard InChI is InChI=1S/C16H21N3S/c1-2-17-10-16-18-14-8-9-19(12-15(14)20-16)11-13-6-4-3-5-7-13/h3-7,17H,2,8-12H2,1H3. The lowest BCUT2D eigenvalue weighted by atomic mass is 10.1. The Bertz CT molecular complexity index is 550. The number of fused-ring (bicyclic) bond motifs is 1. The molecule has 4 heteroatoms. The molecule has 1 aromatic heterocycles. The molecule has 0 saturated carbocycles. The van der Waals surface area contributed by atoms with Crippen molar-refractivity contribution < 1.29 is 0 Å². The number of rotatable bonds is 5. The van der Waals surface area contributed by atoms with Gasteiger partial charge >= 0.3 is 0 Å². The Hall–Kier alpha value is -1.23. The molecule has 3 nitrogen and oxygen atoms in total. The molecule has 0 aliphatic carbocycles. The van der Waals surface area contributed by atoms with Crippen molar-refractivity contribution in [1.82, 2.24) is 15.2 Å². The van der Waals surface area contributed by atoms with E-state index in [9.17, 15) is 0 Å². The Morgan fingerprint density at radius 3 is 2.95 bits per heavy atom. The predicted molar refractivity (Wildman–Crippen MR) is 83.8 cm³/mol. The van der Waals surface area contributed by atoms with Crippen molar-refractivity contribution in [2.24, 2.45) is 0 Å². The highest BCUT2D eigenvalue weighted by Gasteiger charge is 2.20. The van der Waals surface area contributed by atoms with Crippen LogP contribution in [0.25, 0.3) is 0 Å². The summed E-state index contributed by atoms with van der Waals surface area (Å²) in [6.07, 6.45) is 1.09. The van der Waals surface area contributed by atoms with Crippen LogP contribution in [0, 0.1) is 0 Å². The zero-order valence-corrected chi connectivity index (χ0v) is 12.7. The van der Waals surface area contributed by atoms with Crippen molar-refractivity contribution in [3.63, 3.8) is 0 Å². The number of thiazole rings is 1. The largest absolute Gasteiger partial charge is 0.311 e. The van der Waals surface area contributed by atoms with E-state index in [1.54, 1.807) is 0 Å². The zero-order chi connectivity index (χ0) is 13.8. The van der Waals surface area contributed by atoms with E-state index >= 15 is 0 Å². The van der Waals surface area contributed by atoms with E-state index in [1.165, 1.54) is 21.1 Å². The monoisotopic (exact) mass is 287 g/mol. The summed E-state index contributed by atoms with van der Waals surface area (Å²) in [6, 6.07) is 10.7. The van der Waals surface area contributed by atoms with Crippen LogP contribution >= 0.6 is 11.3 Å². The van der Waals surface area contributed by atoms with E-state index in [4.69, 9.17) is 4.98 Å². The molecule has 3 rings (SSSR count). The third kappa shape index (κ3) is 3.26. The normalized spacial score (nSPS) is 15.2. The molecule has 0 saturated heterocycles. The minimum atomic E-state index is 0.910. The molecule has 2 heterocycles. The fraction of sp³-hybridized carbons (Fsp3) is 0.438. The first kappa shape index (κ1) is 13.7. The van der Waals surface area contributed by atoms with Gasteiger partial charge in [0.2, 0.25) is 0 Å². The van der Waals surface area contributed by atoms with Crippen LogP contribution in [0.15, 0.2) is 30.3 Å². The number of hydrogen-bond acceptors (Lipinski definition) is 4. The highest BCUT2D eigenvalue weighted by molar-refractivity contribution is 7.11. The molecule has 0 radical (unpaired) electrons. The van der Waals surface area contributed by atoms with Gasteiger partial charge in [-0.2, -0.15) is 0 Å². The Labute approximate surface area is 124 Å². The lowest BCUT2D eigenvalue weighted by Gasteiger charge is -2.25. The lowest BCUT2D eigenvalue weighted by Crippen LogP contribution is -2.29. The van der Waals surface area contributed by atoms with Gasteiger partial charge in [-0.15, -0.1) is 11.3 Å². The molecule has 0 atom stereocenters. The van der Waals surface area contributed by atoms with E-state index < -0.39 is 0 Å². The summed E-state index contributed by atoms with van der Waals surface area (Å²) in [5.74, 6) is 0. The smallest absolute Gasteiger partial charge is 0.107 e. The molecule has 1 aromatic carbocycles. The Morgan fingerprint density at radius 2 is 2.15 bits per heavy atom. The van der Waals surface area contributed by atoms with Crippen molar-refractivity contribution in [2.75, 3.05) is 13.1 Å². The molecule has 1 N–H and O–H groups in total. The second-order valence-corrected chi connectivity index (χ2v) is 6.37. The molecular formula is C16H21N3S. The topological polar surface area (TPSA) is 28.2 Å². The van der Waals surface area contributed by atoms with Crippen molar-refractivity contribution in [3.05, 3.63) is 51.5 Å². The van der Waals surface area contributed by atoms with Crippen molar-refractivity contribution in [1.29, 1.82) is 0 Å². The number of aromatic nitrogens is 1. The van der Waals surface area contributed by atoms with Crippen LogP contribution in [0.2, 0.25) is 0 Å². The van der Waals surface area contributed by atoms with E-state index in [0.29, 0.717) is 0 Å². The van der Waals surface area contributed by atoms with Gasteiger partial charge in [-0.1, -0.05) is 37.3 Å². The quantitative estimate of drug-likeness (QED) is 0.916. The molecule has 1 aliphatic rings. The molecule has 0 spiro atoms. The summed E-state index contributed by atoms with van der Waals surface area (Å²) >= 11 is 1.87. The maximum atomic E-state index is 4.76. The van der Waals surface area contributed by atoms with Gasteiger partial charge in [-0.05, 0) is 12.1 Å². The van der Waals surface area contributed by atoms with Gasteiger partial charge in [-0.3, -0.25) is 4.90 Å². The molecule has 2 aromatic rings. The molecule has 20 heavy (non-hydrogen) atoms. The average molecular weight is 287 g/mol. The Morgan fingerprint density at radius 1 is 1.30 bits per heavy atom. The summed E-state index contributed by atoms with van der Waals surface area (Å²) in [5, 5.41) is 4.59. The maximum absolute atomic E-state index is 4.76. The number of nitrogens with one attached hydrogen (secondary N) is 1. The average Bonchev–Trinajstić information content (AvgIpc) is 2.88. The van der Waals surface area contributed by atoms with Gasteiger partial charge in [0.15, 0.2) is 0 Å². The number of benzene rings is 1. The fourth-order valence-electron chi connectivity index (χ4n) is 2.59. The van der Waals surface area contributed by atoms with Crippen LogP contribution in [-0.4, -0.2) is 23.0 Å². The Kier molecular flexibility index (Phi) is 4.45. The van der Waals surface area contributed by atoms with Crippen molar-refractivity contribution >= 4 is 11.3 Å². The van der Waals surface area contributed by atoms with Gasteiger partial charge in [0.25, 0.3) is 0 Å². The van der Waals surface area contributed by atoms with Gasteiger partial charge in [0, 0.05) is 37.5 Å². The first-order valence-electron chi connectivity index (χ1n) is 7.29. The third-order valence-corrected chi connectivity index (χ3v) is 4.71. The summed E-state index contributed by atoms with van der Waals surface area (Å²) < 4.78 is 0. The molecule has 0 unspecified atom stereocenters. The van der Waals surface area contributed by atoms with Crippen LogP contribution in [0.3, 0.4) is 0 Å². The van der Waals surface area contributed by atoms with Gasteiger partial charge in [0.1, 0.15) is 5.01 Å². The summed E-state index contributed by atoms with van der Waals surface area (Å²) in [7, 11) is 0. The maximum Gasteiger partial charge on any atom is 0.107 e. The van der Waals surface area contributed by atoms with Crippen LogP contribution in [0.1, 0.15) is 28.1 Å². The minimum absolute atomic E-state index is 0.910. The minimum Gasteiger partial charge on any atom is -0.311 e. The van der Waals surface area contributed by atoms with Crippen LogP contribution in [0.4, 0.5) is 0 Å². The third-order valence-electron chi connectivity index (χ3n) is 3.63. The highest BCUT2D eigenvalue weighted by atomic mass is 32.1. The second-order valence-electron chi connectivity index (χ2n) is 5.20. The Balaban J connectivity index is 1.64. The van der Waals surface area contributed by atoms with Crippen LogP contribution in [-0.2, 0) is 26.1 Å². The van der Waals surface area contributed by atoms with E-state index in [1.807, 2.05) is 11.3 Å². The summed E-state index contributed by atoms with van der Waals surface area (Å²) in [6.45, 7) is 7.26. The van der Waals surface area contributed by atoms with Crippen molar-refractivity contribution in [3.8, 4) is 0 Å². The molecule has 0 fully saturated rings. The van der Waals surface area contributed by atoms with E-state index in [2.05, 4.69) is 47.5 Å². The molecule has 106 valence electrons. The molecule has 1 aliphatic heterocycles. The van der Waals surface area contributed by atoms with Crippen LogP contribution in [0.5, 0.6) is 0 Å². The zero-order valence-electron chi connectivity index (χ0n) is 11.9. The van der Waals surface area contributed by atoms with Crippen LogP contribution < -0.4 is 5.32 Å². The van der Waals surface area contributed by atoms with Gasteiger partial charge in [0.05, 0.1) is 5.69 Å². The first-order chi connectivity index (χ1) is 9.85. The lowest BCUT2D eigenvalue weighted by molar-refractivity contribution is 0.247. The van der Waals surface area contributed by atoms with E-state index in [0.717, 1.165) is 39.1 Å². The fourth-order valence-corrected chi connectivity index (χ4v) is 3.71. The van der Waals surface area contributed by atoms with Gasteiger partial charge in [-0.25, -0.2) is 4.98 Å². The second kappa shape index (κ2) is 6.48. The van der Waals surface area contributed by atoms with Crippen molar-refractivity contribution in [2.45, 2.75) is 33.0 Å². The summed E-state index contributed by atoms with van der Waals surface area (Å²) in [5.41, 5.74) is 2.72. The number of nitrogens with zero attached hydrogens (tertiary/aromatic N) is 2. The molecule has 0 amide bonds. The summed E-state index contributed by atoms with van der Waals surface area (Å²) in [4.78, 5) is 8.74. The predicted octanol–water partition coefficient (Wildman–Crippen LogP) is 2.81. The first-order valence-corrected chi connectivity index (χ1v) is 8.11.